The number of para-hydroxylation sites is 1. The fraction of sp³-hybridized carbons (Fsp3) is 0.333. The van der Waals surface area contributed by atoms with E-state index >= 15 is 0 Å². The van der Waals surface area contributed by atoms with Crippen LogP contribution in [0.3, 0.4) is 0 Å². The third-order valence-electron chi connectivity index (χ3n) is 3.06. The molecule has 0 fully saturated rings. The molecule has 0 radical (unpaired) electrons. The van der Waals surface area contributed by atoms with Gasteiger partial charge in [0, 0.05) is 10.4 Å². The largest absolute Gasteiger partial charge is 0.434 e. The van der Waals surface area contributed by atoms with Crippen LogP contribution in [0, 0.1) is 6.92 Å². The van der Waals surface area contributed by atoms with Crippen LogP contribution < -0.4 is 10.1 Å². The van der Waals surface area contributed by atoms with Gasteiger partial charge in [0.2, 0.25) is 0 Å². The highest BCUT2D eigenvalue weighted by atomic mass is 32.1. The van der Waals surface area contributed by atoms with Gasteiger partial charge in [-0.1, -0.05) is 25.1 Å². The van der Waals surface area contributed by atoms with Gasteiger partial charge in [-0.05, 0) is 36.5 Å². The molecule has 0 bridgehead atoms. The standard InChI is InChI=1S/C15H17F2NOS/c1-3-18-14(11-8-9-20-10(11)2)12-6-4-5-7-13(12)19-15(16)17/h4-9,14-15,18H,3H2,1-2H3. The first-order chi connectivity index (χ1) is 9.63. The molecule has 1 N–H and O–H groups in total. The third-order valence-corrected chi connectivity index (χ3v) is 3.93. The number of rotatable bonds is 6. The molecule has 0 saturated heterocycles. The molecule has 0 spiro atoms. The zero-order chi connectivity index (χ0) is 14.5. The predicted molar refractivity (Wildman–Crippen MR) is 77.6 cm³/mol. The van der Waals surface area contributed by atoms with Crippen molar-refractivity contribution in [2.75, 3.05) is 6.54 Å². The molecular weight excluding hydrogens is 280 g/mol. The van der Waals surface area contributed by atoms with E-state index in [0.29, 0.717) is 0 Å². The van der Waals surface area contributed by atoms with Gasteiger partial charge in [-0.2, -0.15) is 8.78 Å². The van der Waals surface area contributed by atoms with Gasteiger partial charge in [-0.15, -0.1) is 11.3 Å². The van der Waals surface area contributed by atoms with E-state index in [9.17, 15) is 8.78 Å². The molecular formula is C15H17F2NOS. The molecule has 2 nitrogen and oxygen atoms in total. The van der Waals surface area contributed by atoms with Crippen molar-refractivity contribution in [3.63, 3.8) is 0 Å². The normalized spacial score (nSPS) is 12.7. The van der Waals surface area contributed by atoms with E-state index in [0.717, 1.165) is 17.7 Å². The van der Waals surface area contributed by atoms with Crippen LogP contribution in [0.4, 0.5) is 8.78 Å². The Morgan fingerprint density at radius 3 is 2.55 bits per heavy atom. The highest BCUT2D eigenvalue weighted by molar-refractivity contribution is 7.10. The Hall–Kier alpha value is -1.46. The molecule has 1 aromatic carbocycles. The number of nitrogens with one attached hydrogen (secondary N) is 1. The molecule has 108 valence electrons. The number of halogens is 2. The summed E-state index contributed by atoms with van der Waals surface area (Å²) in [5.41, 5.74) is 1.83. The second kappa shape index (κ2) is 6.81. The molecule has 2 aromatic rings. The number of aryl methyl sites for hydroxylation is 1. The number of thiophene rings is 1. The molecule has 1 aromatic heterocycles. The molecule has 20 heavy (non-hydrogen) atoms. The van der Waals surface area contributed by atoms with Crippen molar-refractivity contribution in [3.8, 4) is 5.75 Å². The maximum atomic E-state index is 12.5. The highest BCUT2D eigenvalue weighted by Crippen LogP contribution is 2.34. The van der Waals surface area contributed by atoms with Gasteiger partial charge in [0.15, 0.2) is 0 Å². The van der Waals surface area contributed by atoms with Gasteiger partial charge in [0.25, 0.3) is 0 Å². The van der Waals surface area contributed by atoms with E-state index in [4.69, 9.17) is 0 Å². The minimum Gasteiger partial charge on any atom is -0.434 e. The summed E-state index contributed by atoms with van der Waals surface area (Å²) in [6, 6.07) is 8.81. The average molecular weight is 297 g/mol. The molecule has 0 saturated carbocycles. The van der Waals surface area contributed by atoms with E-state index in [1.54, 1.807) is 23.5 Å². The fourth-order valence-electron chi connectivity index (χ4n) is 2.21. The van der Waals surface area contributed by atoms with Crippen LogP contribution in [0.15, 0.2) is 35.7 Å². The molecule has 0 aliphatic carbocycles. The first-order valence-electron chi connectivity index (χ1n) is 6.44. The Kier molecular flexibility index (Phi) is 5.09. The van der Waals surface area contributed by atoms with Gasteiger partial charge in [0.1, 0.15) is 5.75 Å². The summed E-state index contributed by atoms with van der Waals surface area (Å²) >= 11 is 1.64. The van der Waals surface area contributed by atoms with Crippen molar-refractivity contribution in [2.24, 2.45) is 0 Å². The molecule has 0 amide bonds. The summed E-state index contributed by atoms with van der Waals surface area (Å²) in [6.07, 6.45) is 0. The van der Waals surface area contributed by atoms with Crippen LogP contribution in [0.5, 0.6) is 5.75 Å². The minimum atomic E-state index is -2.82. The Morgan fingerprint density at radius 2 is 1.95 bits per heavy atom. The topological polar surface area (TPSA) is 21.3 Å². The van der Waals surface area contributed by atoms with Gasteiger partial charge in [0.05, 0.1) is 6.04 Å². The summed E-state index contributed by atoms with van der Waals surface area (Å²) in [6.45, 7) is 1.94. The first kappa shape index (κ1) is 14.9. The lowest BCUT2D eigenvalue weighted by Crippen LogP contribution is -2.23. The summed E-state index contributed by atoms with van der Waals surface area (Å²) in [5, 5.41) is 5.34. The molecule has 1 unspecified atom stereocenters. The van der Waals surface area contributed by atoms with Crippen LogP contribution in [0.1, 0.15) is 29.0 Å². The van der Waals surface area contributed by atoms with Crippen LogP contribution in [0.25, 0.3) is 0 Å². The SMILES string of the molecule is CCNC(c1ccccc1OC(F)F)c1ccsc1C. The summed E-state index contributed by atoms with van der Waals surface area (Å²) in [5.74, 6) is 0.221. The Labute approximate surface area is 121 Å². The van der Waals surface area contributed by atoms with Crippen LogP contribution in [-0.4, -0.2) is 13.2 Å². The summed E-state index contributed by atoms with van der Waals surface area (Å²) in [4.78, 5) is 1.17. The van der Waals surface area contributed by atoms with Gasteiger partial charge >= 0.3 is 6.61 Å². The average Bonchev–Trinajstić information content (AvgIpc) is 2.82. The molecule has 1 heterocycles. The second-order valence-corrected chi connectivity index (χ2v) is 5.46. The monoisotopic (exact) mass is 297 g/mol. The molecule has 2 rings (SSSR count). The predicted octanol–water partition coefficient (Wildman–Crippen LogP) is 4.36. The number of ether oxygens (including phenoxy) is 1. The van der Waals surface area contributed by atoms with Crippen LogP contribution in [-0.2, 0) is 0 Å². The highest BCUT2D eigenvalue weighted by Gasteiger charge is 2.21. The van der Waals surface area contributed by atoms with Crippen molar-refractivity contribution in [1.29, 1.82) is 0 Å². The minimum absolute atomic E-state index is 0.138. The molecule has 0 aliphatic rings. The lowest BCUT2D eigenvalue weighted by Gasteiger charge is -2.21. The van der Waals surface area contributed by atoms with Gasteiger partial charge < -0.3 is 10.1 Å². The molecule has 5 heteroatoms. The van der Waals surface area contributed by atoms with Gasteiger partial charge in [-0.25, -0.2) is 0 Å². The van der Waals surface area contributed by atoms with Crippen molar-refractivity contribution < 1.29 is 13.5 Å². The fourth-order valence-corrected chi connectivity index (χ4v) is 2.95. The van der Waals surface area contributed by atoms with E-state index < -0.39 is 6.61 Å². The summed E-state index contributed by atoms with van der Waals surface area (Å²) in [7, 11) is 0. The zero-order valence-corrected chi connectivity index (χ0v) is 12.2. The smallest absolute Gasteiger partial charge is 0.387 e. The number of hydrogen-bond donors (Lipinski definition) is 1. The zero-order valence-electron chi connectivity index (χ0n) is 11.4. The van der Waals surface area contributed by atoms with E-state index in [-0.39, 0.29) is 11.8 Å². The number of benzene rings is 1. The maximum Gasteiger partial charge on any atom is 0.387 e. The van der Waals surface area contributed by atoms with Crippen LogP contribution in [0.2, 0.25) is 0 Å². The second-order valence-electron chi connectivity index (χ2n) is 4.34. The maximum absolute atomic E-state index is 12.5. The molecule has 1 atom stereocenters. The Morgan fingerprint density at radius 1 is 1.20 bits per heavy atom. The van der Waals surface area contributed by atoms with Crippen molar-refractivity contribution >= 4 is 11.3 Å². The number of alkyl halides is 2. The lowest BCUT2D eigenvalue weighted by atomic mass is 9.98. The quantitative estimate of drug-likeness (QED) is 0.855. The molecule has 0 aliphatic heterocycles. The van der Waals surface area contributed by atoms with E-state index in [1.807, 2.05) is 37.4 Å². The Bertz CT molecular complexity index is 556. The van der Waals surface area contributed by atoms with Crippen molar-refractivity contribution in [1.82, 2.24) is 5.32 Å². The van der Waals surface area contributed by atoms with Crippen molar-refractivity contribution in [3.05, 3.63) is 51.7 Å². The van der Waals surface area contributed by atoms with Crippen molar-refractivity contribution in [2.45, 2.75) is 26.5 Å². The summed E-state index contributed by atoms with van der Waals surface area (Å²) < 4.78 is 29.7. The first-order valence-corrected chi connectivity index (χ1v) is 7.32. The third kappa shape index (κ3) is 3.35. The van der Waals surface area contributed by atoms with Gasteiger partial charge in [-0.3, -0.25) is 0 Å². The van der Waals surface area contributed by atoms with E-state index in [1.165, 1.54) is 4.88 Å². The Balaban J connectivity index is 2.42. The van der Waals surface area contributed by atoms with Crippen LogP contribution >= 0.6 is 11.3 Å². The number of hydrogen-bond acceptors (Lipinski definition) is 3. The van der Waals surface area contributed by atoms with E-state index in [2.05, 4.69) is 10.1 Å². The lowest BCUT2D eigenvalue weighted by molar-refractivity contribution is -0.0506.